The van der Waals surface area contributed by atoms with Crippen LogP contribution in [0.25, 0.3) is 98.8 Å². The van der Waals surface area contributed by atoms with E-state index in [1.165, 1.54) is 0 Å². The van der Waals surface area contributed by atoms with Crippen LogP contribution in [0, 0.1) is 0 Å². The van der Waals surface area contributed by atoms with Gasteiger partial charge in [0, 0.05) is 44.2 Å². The van der Waals surface area contributed by atoms with Gasteiger partial charge in [0.15, 0.2) is 22.7 Å². The third-order valence-corrected chi connectivity index (χ3v) is 12.4. The van der Waals surface area contributed by atoms with Crippen molar-refractivity contribution >= 4 is 65.4 Å². The SMILES string of the molecule is CCCCOc1ccc2ccccc2c1-c1c(OCCCC)c2oc3cccc4c(-c5c(OCCCC)ccc6ccccc56)c(OCCCC)c5oc6cccc1c6c2-c5c34. The molecule has 0 spiro atoms. The second kappa shape index (κ2) is 17.2. The highest BCUT2D eigenvalue weighted by Crippen LogP contribution is 2.60. The number of fused-ring (bicyclic) bond motifs is 2. The summed E-state index contributed by atoms with van der Waals surface area (Å²) in [6, 6.07) is 38.4. The van der Waals surface area contributed by atoms with Crippen LogP contribution < -0.4 is 18.9 Å². The van der Waals surface area contributed by atoms with E-state index in [-0.39, 0.29) is 0 Å². The Hall–Kier alpha value is -6.40. The van der Waals surface area contributed by atoms with Crippen LogP contribution in [0.15, 0.2) is 118 Å². The van der Waals surface area contributed by atoms with Gasteiger partial charge in [0.1, 0.15) is 22.7 Å². The van der Waals surface area contributed by atoms with E-state index in [1.807, 2.05) is 0 Å². The zero-order valence-corrected chi connectivity index (χ0v) is 36.3. The average Bonchev–Trinajstić information content (AvgIpc) is 3.30. The van der Waals surface area contributed by atoms with Gasteiger partial charge in [-0.3, -0.25) is 0 Å². The van der Waals surface area contributed by atoms with Crippen LogP contribution in [0.3, 0.4) is 0 Å². The maximum atomic E-state index is 7.35. The molecule has 0 fully saturated rings. The lowest BCUT2D eigenvalue weighted by molar-refractivity contribution is 0.306. The fourth-order valence-electron chi connectivity index (χ4n) is 9.30. The molecule has 0 aromatic heterocycles. The maximum Gasteiger partial charge on any atom is 0.178 e. The summed E-state index contributed by atoms with van der Waals surface area (Å²) in [5.74, 6) is 3.07. The minimum Gasteiger partial charge on any atom is -0.493 e. The molecule has 8 aromatic rings. The monoisotopic (exact) mass is 822 g/mol. The number of hydrogen-bond donors (Lipinski definition) is 0. The molecule has 62 heavy (non-hydrogen) atoms. The van der Waals surface area contributed by atoms with Crippen molar-refractivity contribution in [1.29, 1.82) is 0 Å². The summed E-state index contributed by atoms with van der Waals surface area (Å²) in [4.78, 5) is 0. The molecule has 2 aliphatic heterocycles. The van der Waals surface area contributed by atoms with Crippen molar-refractivity contribution in [1.82, 2.24) is 0 Å². The van der Waals surface area contributed by atoms with Crippen LogP contribution in [0.5, 0.6) is 23.0 Å². The van der Waals surface area contributed by atoms with Crippen LogP contribution in [0.1, 0.15) is 79.1 Å². The topological polar surface area (TPSA) is 63.2 Å². The van der Waals surface area contributed by atoms with E-state index in [1.54, 1.807) is 0 Å². The first-order valence-corrected chi connectivity index (χ1v) is 22.8. The van der Waals surface area contributed by atoms with Gasteiger partial charge in [-0.25, -0.2) is 0 Å². The zero-order chi connectivity index (χ0) is 42.2. The van der Waals surface area contributed by atoms with E-state index in [2.05, 4.69) is 137 Å². The Bertz CT molecular complexity index is 2940. The Morgan fingerprint density at radius 1 is 0.355 bits per heavy atom. The van der Waals surface area contributed by atoms with E-state index in [4.69, 9.17) is 27.8 Å². The van der Waals surface area contributed by atoms with Gasteiger partial charge in [0.2, 0.25) is 0 Å². The van der Waals surface area contributed by atoms with Crippen molar-refractivity contribution in [3.63, 3.8) is 0 Å². The Labute approximate surface area is 363 Å². The van der Waals surface area contributed by atoms with E-state index < -0.39 is 0 Å². The molecule has 2 heterocycles. The van der Waals surface area contributed by atoms with E-state index in [0.29, 0.717) is 49.1 Å². The highest BCUT2D eigenvalue weighted by Gasteiger charge is 2.35. The molecular formula is C56H54O6. The van der Waals surface area contributed by atoms with E-state index >= 15 is 0 Å². The molecule has 0 aliphatic carbocycles. The Kier molecular flexibility index (Phi) is 11.0. The minimum absolute atomic E-state index is 0.536. The molecule has 10 rings (SSSR count). The first-order chi connectivity index (χ1) is 30.7. The number of unbranched alkanes of at least 4 members (excludes halogenated alkanes) is 4. The van der Waals surface area contributed by atoms with E-state index in [9.17, 15) is 0 Å². The standard InChI is InChI=1S/C56H54O6/c1-5-9-31-57-41-29-27-35-19-13-15-21-37(35)45(41)49-39-23-17-25-43-47(39)51-52-48-40(24-18-26-44(48)61-55(51)53(49)59-33-11-7-3)50(54(56(52)62-43)60-34-12-8-4)46-38-22-16-14-20-36(38)28-30-42(46)58-32-10-6-2/h13-30H,5-12,31-34H2,1-4H3. The summed E-state index contributed by atoms with van der Waals surface area (Å²) >= 11 is 0. The van der Waals surface area contributed by atoms with Crippen LogP contribution in [0.4, 0.5) is 0 Å². The highest BCUT2D eigenvalue weighted by atomic mass is 16.5. The predicted octanol–water partition coefficient (Wildman–Crippen LogP) is 16.4. The molecule has 2 aliphatic rings. The largest absolute Gasteiger partial charge is 0.493 e. The van der Waals surface area contributed by atoms with Gasteiger partial charge in [0.05, 0.1) is 26.4 Å². The number of rotatable bonds is 18. The molecule has 0 atom stereocenters. The van der Waals surface area contributed by atoms with Gasteiger partial charge in [-0.2, -0.15) is 0 Å². The number of ether oxygens (including phenoxy) is 4. The fourth-order valence-corrected chi connectivity index (χ4v) is 9.30. The molecule has 0 unspecified atom stereocenters. The average molecular weight is 823 g/mol. The molecule has 0 saturated heterocycles. The van der Waals surface area contributed by atoms with Crippen LogP contribution in [-0.4, -0.2) is 26.4 Å². The third-order valence-electron chi connectivity index (χ3n) is 12.4. The summed E-state index contributed by atoms with van der Waals surface area (Å²) < 4.78 is 42.2. The Morgan fingerprint density at radius 2 is 0.742 bits per heavy atom. The van der Waals surface area contributed by atoms with Crippen molar-refractivity contribution in [2.45, 2.75) is 79.1 Å². The predicted molar refractivity (Wildman–Crippen MR) is 256 cm³/mol. The van der Waals surface area contributed by atoms with Crippen LogP contribution in [-0.2, 0) is 0 Å². The van der Waals surface area contributed by atoms with E-state index in [0.717, 1.165) is 151 Å². The molecular weight excluding hydrogens is 769 g/mol. The highest BCUT2D eigenvalue weighted by molar-refractivity contribution is 6.31. The van der Waals surface area contributed by atoms with Crippen LogP contribution >= 0.6 is 0 Å². The summed E-state index contributed by atoms with van der Waals surface area (Å²) in [6.07, 6.45) is 7.78. The second-order valence-electron chi connectivity index (χ2n) is 16.5. The quantitative estimate of drug-likeness (QED) is 0.0488. The molecule has 8 aromatic carbocycles. The number of hydrogen-bond acceptors (Lipinski definition) is 6. The molecule has 0 N–H and O–H groups in total. The van der Waals surface area contributed by atoms with Crippen LogP contribution in [0.2, 0.25) is 0 Å². The Balaban J connectivity index is 1.38. The molecule has 0 saturated carbocycles. The zero-order valence-electron chi connectivity index (χ0n) is 36.3. The summed E-state index contributed by atoms with van der Waals surface area (Å²) in [5, 5.41) is 8.44. The minimum atomic E-state index is 0.536. The third kappa shape index (κ3) is 6.63. The summed E-state index contributed by atoms with van der Waals surface area (Å²) in [5.41, 5.74) is 8.68. The summed E-state index contributed by atoms with van der Waals surface area (Å²) in [6.45, 7) is 11.1. The normalized spacial score (nSPS) is 12.0. The lowest BCUT2D eigenvalue weighted by Gasteiger charge is -2.28. The van der Waals surface area contributed by atoms with Crippen molar-refractivity contribution in [3.05, 3.63) is 109 Å². The lowest BCUT2D eigenvalue weighted by atomic mass is 9.83. The first kappa shape index (κ1) is 39.7. The van der Waals surface area contributed by atoms with Crippen molar-refractivity contribution < 1.29 is 27.8 Å². The molecule has 6 nitrogen and oxygen atoms in total. The fraction of sp³-hybridized carbons (Fsp3) is 0.286. The van der Waals surface area contributed by atoms with Crippen molar-refractivity contribution in [2.24, 2.45) is 0 Å². The van der Waals surface area contributed by atoms with Gasteiger partial charge in [-0.05, 0) is 82.3 Å². The molecule has 0 bridgehead atoms. The van der Waals surface area contributed by atoms with Gasteiger partial charge < -0.3 is 27.8 Å². The first-order valence-electron chi connectivity index (χ1n) is 22.8. The molecule has 0 radical (unpaired) electrons. The molecule has 314 valence electrons. The van der Waals surface area contributed by atoms with Gasteiger partial charge in [-0.15, -0.1) is 0 Å². The molecule has 6 heteroatoms. The maximum absolute atomic E-state index is 7.35. The van der Waals surface area contributed by atoms with Gasteiger partial charge >= 0.3 is 0 Å². The lowest BCUT2D eigenvalue weighted by Crippen LogP contribution is -2.07. The van der Waals surface area contributed by atoms with Gasteiger partial charge in [-0.1, -0.05) is 138 Å². The van der Waals surface area contributed by atoms with Crippen molar-refractivity contribution in [3.8, 4) is 56.4 Å². The smallest absolute Gasteiger partial charge is 0.178 e. The summed E-state index contributed by atoms with van der Waals surface area (Å²) in [7, 11) is 0. The molecule has 0 amide bonds. The van der Waals surface area contributed by atoms with Crippen molar-refractivity contribution in [2.75, 3.05) is 26.4 Å². The van der Waals surface area contributed by atoms with Gasteiger partial charge in [0.25, 0.3) is 0 Å². The Morgan fingerprint density at radius 3 is 1.16 bits per heavy atom. The number of benzene rings is 8. The second-order valence-corrected chi connectivity index (χ2v) is 16.5.